The third-order valence-corrected chi connectivity index (χ3v) is 6.01. The summed E-state index contributed by atoms with van der Waals surface area (Å²) in [6.07, 6.45) is 7.15. The van der Waals surface area contributed by atoms with Crippen molar-refractivity contribution in [1.82, 2.24) is 19.8 Å². The van der Waals surface area contributed by atoms with Crippen LogP contribution in [0.2, 0.25) is 0 Å². The van der Waals surface area contributed by atoms with Crippen molar-refractivity contribution in [3.8, 4) is 11.3 Å². The lowest BCUT2D eigenvalue weighted by Crippen LogP contribution is -2.45. The Morgan fingerprint density at radius 1 is 1.11 bits per heavy atom. The summed E-state index contributed by atoms with van der Waals surface area (Å²) in [5.41, 5.74) is 2.33. The maximum Gasteiger partial charge on any atom is 0.225 e. The second kappa shape index (κ2) is 8.35. The van der Waals surface area contributed by atoms with E-state index in [-0.39, 0.29) is 23.6 Å². The van der Waals surface area contributed by atoms with Crippen molar-refractivity contribution in [2.45, 2.75) is 31.6 Å². The number of hydrogen-bond donors (Lipinski definition) is 0. The summed E-state index contributed by atoms with van der Waals surface area (Å²) in [6, 6.07) is 6.49. The van der Waals surface area contributed by atoms with Gasteiger partial charge in [-0.25, -0.2) is 4.39 Å². The first-order valence-corrected chi connectivity index (χ1v) is 10.2. The van der Waals surface area contributed by atoms with Gasteiger partial charge in [-0.2, -0.15) is 0 Å². The molecule has 1 aromatic carbocycles. The van der Waals surface area contributed by atoms with Gasteiger partial charge >= 0.3 is 0 Å². The summed E-state index contributed by atoms with van der Waals surface area (Å²) in [5.74, 6) is 0.279. The van der Waals surface area contributed by atoms with Gasteiger partial charge in [0, 0.05) is 42.9 Å². The van der Waals surface area contributed by atoms with Crippen LogP contribution in [0.5, 0.6) is 0 Å². The summed E-state index contributed by atoms with van der Waals surface area (Å²) in [4.78, 5) is 26.5. The first-order valence-electron chi connectivity index (χ1n) is 10.2. The lowest BCUT2D eigenvalue weighted by atomic mass is 9.89. The van der Waals surface area contributed by atoms with Crippen LogP contribution in [-0.2, 0) is 4.79 Å². The Morgan fingerprint density at radius 2 is 1.89 bits per heavy atom. The minimum Gasteiger partial charge on any atom is -0.342 e. The Hall–Kier alpha value is -2.34. The van der Waals surface area contributed by atoms with Crippen LogP contribution in [0, 0.1) is 11.7 Å². The van der Waals surface area contributed by atoms with Crippen molar-refractivity contribution in [3.05, 3.63) is 48.2 Å². The smallest absolute Gasteiger partial charge is 0.225 e. The van der Waals surface area contributed by atoms with Gasteiger partial charge in [-0.15, -0.1) is 0 Å². The van der Waals surface area contributed by atoms with Crippen molar-refractivity contribution in [2.75, 3.05) is 33.2 Å². The first-order chi connectivity index (χ1) is 13.6. The van der Waals surface area contributed by atoms with Gasteiger partial charge in [-0.3, -0.25) is 14.8 Å². The number of carbonyl (C=O) groups is 1. The molecule has 0 spiro atoms. The second-order valence-electron chi connectivity index (χ2n) is 8.00. The number of piperidine rings is 2. The Kier molecular flexibility index (Phi) is 5.67. The van der Waals surface area contributed by atoms with Crippen LogP contribution in [0.4, 0.5) is 4.39 Å². The van der Waals surface area contributed by atoms with E-state index < -0.39 is 0 Å². The highest BCUT2D eigenvalue weighted by atomic mass is 19.1. The minimum absolute atomic E-state index is 0.135. The number of carbonyl (C=O) groups excluding carboxylic acids is 1. The topological polar surface area (TPSA) is 49.3 Å². The zero-order valence-electron chi connectivity index (χ0n) is 16.4. The van der Waals surface area contributed by atoms with Crippen LogP contribution in [0.15, 0.2) is 36.7 Å². The highest BCUT2D eigenvalue weighted by Crippen LogP contribution is 2.33. The molecule has 2 aliphatic heterocycles. The van der Waals surface area contributed by atoms with Crippen molar-refractivity contribution in [1.29, 1.82) is 0 Å². The SMILES string of the molecule is CN1CCC(C(=O)N2CCC[C@H](c3nccnc3-c3cccc(F)c3)C2)CC1. The predicted molar refractivity (Wildman–Crippen MR) is 106 cm³/mol. The van der Waals surface area contributed by atoms with Crippen LogP contribution in [-0.4, -0.2) is 58.9 Å². The number of halogens is 1. The summed E-state index contributed by atoms with van der Waals surface area (Å²) >= 11 is 0. The molecule has 2 fully saturated rings. The molecule has 148 valence electrons. The molecule has 5 nitrogen and oxygen atoms in total. The van der Waals surface area contributed by atoms with Gasteiger partial charge in [-0.05, 0) is 58.0 Å². The van der Waals surface area contributed by atoms with E-state index in [0.717, 1.165) is 62.3 Å². The van der Waals surface area contributed by atoms with Crippen molar-refractivity contribution in [2.24, 2.45) is 5.92 Å². The normalized spacial score (nSPS) is 21.6. The summed E-state index contributed by atoms with van der Waals surface area (Å²) in [5, 5.41) is 0. The van der Waals surface area contributed by atoms with E-state index in [2.05, 4.69) is 21.9 Å². The first kappa shape index (κ1) is 19.0. The third-order valence-electron chi connectivity index (χ3n) is 6.01. The standard InChI is InChI=1S/C22H27FN4O/c1-26-12-7-16(8-13-26)22(28)27-11-3-5-18(15-27)21-20(24-9-10-25-21)17-4-2-6-19(23)14-17/h2,4,6,9-10,14,16,18H,3,5,7-8,11-13,15H2,1H3/t18-/m0/s1. The molecule has 28 heavy (non-hydrogen) atoms. The fourth-order valence-electron chi connectivity index (χ4n) is 4.42. The molecule has 0 radical (unpaired) electrons. The van der Waals surface area contributed by atoms with E-state index in [0.29, 0.717) is 6.54 Å². The lowest BCUT2D eigenvalue weighted by Gasteiger charge is -2.37. The van der Waals surface area contributed by atoms with Crippen LogP contribution >= 0.6 is 0 Å². The zero-order chi connectivity index (χ0) is 19.5. The van der Waals surface area contributed by atoms with Crippen molar-refractivity contribution in [3.63, 3.8) is 0 Å². The molecule has 2 saturated heterocycles. The second-order valence-corrected chi connectivity index (χ2v) is 8.00. The predicted octanol–water partition coefficient (Wildman–Crippen LogP) is 3.33. The molecular formula is C22H27FN4O. The number of likely N-dealkylation sites (tertiary alicyclic amines) is 2. The quantitative estimate of drug-likeness (QED) is 0.817. The van der Waals surface area contributed by atoms with Crippen molar-refractivity contribution < 1.29 is 9.18 Å². The van der Waals surface area contributed by atoms with Gasteiger partial charge < -0.3 is 9.80 Å². The van der Waals surface area contributed by atoms with Crippen LogP contribution in [0.3, 0.4) is 0 Å². The molecule has 6 heteroatoms. The number of amides is 1. The van der Waals surface area contributed by atoms with Gasteiger partial charge in [0.2, 0.25) is 5.91 Å². The number of nitrogens with zero attached hydrogens (tertiary/aromatic N) is 4. The van der Waals surface area contributed by atoms with Gasteiger partial charge in [0.25, 0.3) is 0 Å². The fourth-order valence-corrected chi connectivity index (χ4v) is 4.42. The summed E-state index contributed by atoms with van der Waals surface area (Å²) < 4.78 is 13.7. The van der Waals surface area contributed by atoms with Crippen LogP contribution < -0.4 is 0 Å². The van der Waals surface area contributed by atoms with Gasteiger partial charge in [-0.1, -0.05) is 12.1 Å². The Balaban J connectivity index is 1.53. The average Bonchev–Trinajstić information content (AvgIpc) is 2.74. The highest BCUT2D eigenvalue weighted by Gasteiger charge is 2.32. The van der Waals surface area contributed by atoms with E-state index in [1.807, 2.05) is 11.0 Å². The molecule has 0 saturated carbocycles. The Bertz CT molecular complexity index is 835. The summed E-state index contributed by atoms with van der Waals surface area (Å²) in [6.45, 7) is 3.46. The molecule has 1 atom stereocenters. The Morgan fingerprint density at radius 3 is 2.68 bits per heavy atom. The molecule has 2 aromatic rings. The van der Waals surface area contributed by atoms with E-state index in [4.69, 9.17) is 0 Å². The molecule has 0 unspecified atom stereocenters. The number of hydrogen-bond acceptors (Lipinski definition) is 4. The monoisotopic (exact) mass is 382 g/mol. The molecule has 3 heterocycles. The molecule has 0 N–H and O–H groups in total. The van der Waals surface area contributed by atoms with E-state index in [9.17, 15) is 9.18 Å². The van der Waals surface area contributed by atoms with E-state index >= 15 is 0 Å². The molecular weight excluding hydrogens is 355 g/mol. The third kappa shape index (κ3) is 4.07. The van der Waals surface area contributed by atoms with Gasteiger partial charge in [0.15, 0.2) is 0 Å². The molecule has 2 aliphatic rings. The number of rotatable bonds is 3. The fraction of sp³-hybridized carbons (Fsp3) is 0.500. The maximum absolute atomic E-state index is 13.7. The number of aromatic nitrogens is 2. The summed E-state index contributed by atoms with van der Waals surface area (Å²) in [7, 11) is 2.11. The van der Waals surface area contributed by atoms with Crippen molar-refractivity contribution >= 4 is 5.91 Å². The zero-order valence-corrected chi connectivity index (χ0v) is 16.4. The maximum atomic E-state index is 13.7. The molecule has 0 bridgehead atoms. The molecule has 0 aliphatic carbocycles. The number of benzene rings is 1. The van der Waals surface area contributed by atoms with Crippen LogP contribution in [0.25, 0.3) is 11.3 Å². The van der Waals surface area contributed by atoms with Gasteiger partial charge in [0.1, 0.15) is 5.82 Å². The van der Waals surface area contributed by atoms with E-state index in [1.165, 1.54) is 12.1 Å². The van der Waals surface area contributed by atoms with Gasteiger partial charge in [0.05, 0.1) is 11.4 Å². The van der Waals surface area contributed by atoms with Crippen LogP contribution in [0.1, 0.15) is 37.3 Å². The Labute approximate surface area is 165 Å². The van der Waals surface area contributed by atoms with E-state index in [1.54, 1.807) is 18.5 Å². The lowest BCUT2D eigenvalue weighted by molar-refractivity contribution is -0.138. The minimum atomic E-state index is -0.281. The molecule has 1 aromatic heterocycles. The molecule has 4 rings (SSSR count). The average molecular weight is 382 g/mol. The largest absolute Gasteiger partial charge is 0.342 e. The highest BCUT2D eigenvalue weighted by molar-refractivity contribution is 5.79. The molecule has 1 amide bonds.